The Kier molecular flexibility index (Phi) is 3.77. The van der Waals surface area contributed by atoms with Gasteiger partial charge in [0.15, 0.2) is 11.6 Å². The van der Waals surface area contributed by atoms with Crippen LogP contribution in [0.15, 0.2) is 30.5 Å². The van der Waals surface area contributed by atoms with E-state index in [2.05, 4.69) is 10.3 Å². The molecule has 2 aromatic rings. The Morgan fingerprint density at radius 2 is 2.11 bits per heavy atom. The van der Waals surface area contributed by atoms with E-state index < -0.39 is 11.6 Å². The van der Waals surface area contributed by atoms with Crippen LogP contribution in [0.2, 0.25) is 5.15 Å². The molecule has 1 N–H and O–H groups in total. The number of rotatable bonds is 3. The minimum Gasteiger partial charge on any atom is -0.380 e. The molecule has 0 fully saturated rings. The van der Waals surface area contributed by atoms with Gasteiger partial charge in [-0.15, -0.1) is 0 Å². The Balaban J connectivity index is 2.11. The Morgan fingerprint density at radius 3 is 2.83 bits per heavy atom. The second-order valence-electron chi connectivity index (χ2n) is 3.90. The molecule has 1 aromatic heterocycles. The molecular formula is C13H11ClF2N2. The molecule has 0 saturated heterocycles. The Morgan fingerprint density at radius 1 is 1.33 bits per heavy atom. The van der Waals surface area contributed by atoms with Crippen LogP contribution >= 0.6 is 11.6 Å². The van der Waals surface area contributed by atoms with Crippen LogP contribution in [-0.4, -0.2) is 4.98 Å². The SMILES string of the molecule is Cc1cc(NCc2cccc(F)c2F)cnc1Cl. The quantitative estimate of drug-likeness (QED) is 0.853. The third-order valence-corrected chi connectivity index (χ3v) is 2.92. The molecule has 1 heterocycles. The van der Waals surface area contributed by atoms with Crippen molar-refractivity contribution >= 4 is 17.3 Å². The fourth-order valence-corrected chi connectivity index (χ4v) is 1.64. The summed E-state index contributed by atoms with van der Waals surface area (Å²) in [6, 6.07) is 5.89. The fraction of sp³-hybridized carbons (Fsp3) is 0.154. The van der Waals surface area contributed by atoms with E-state index in [1.165, 1.54) is 12.1 Å². The first-order valence-corrected chi connectivity index (χ1v) is 5.74. The van der Waals surface area contributed by atoms with E-state index in [1.54, 1.807) is 12.3 Å². The summed E-state index contributed by atoms with van der Waals surface area (Å²) in [7, 11) is 0. The highest BCUT2D eigenvalue weighted by molar-refractivity contribution is 6.30. The molecule has 0 spiro atoms. The predicted octanol–water partition coefficient (Wildman–Crippen LogP) is 3.93. The summed E-state index contributed by atoms with van der Waals surface area (Å²) in [5, 5.41) is 3.40. The number of aryl methyl sites for hydroxylation is 1. The molecule has 2 rings (SSSR count). The molecule has 0 radical (unpaired) electrons. The van der Waals surface area contributed by atoms with Crippen LogP contribution in [-0.2, 0) is 6.54 Å². The molecule has 94 valence electrons. The van der Waals surface area contributed by atoms with Crippen molar-refractivity contribution in [1.29, 1.82) is 0 Å². The van der Waals surface area contributed by atoms with Gasteiger partial charge in [-0.05, 0) is 24.6 Å². The summed E-state index contributed by atoms with van der Waals surface area (Å²) in [4.78, 5) is 3.97. The molecule has 0 unspecified atom stereocenters. The zero-order valence-electron chi connectivity index (χ0n) is 9.67. The Hall–Kier alpha value is -1.68. The lowest BCUT2D eigenvalue weighted by molar-refractivity contribution is 0.500. The first-order valence-electron chi connectivity index (χ1n) is 5.37. The van der Waals surface area contributed by atoms with Gasteiger partial charge < -0.3 is 5.32 Å². The highest BCUT2D eigenvalue weighted by Crippen LogP contribution is 2.18. The molecule has 5 heteroatoms. The standard InChI is InChI=1S/C13H11ClF2N2/c1-8-5-10(7-18-13(8)14)17-6-9-3-2-4-11(15)12(9)16/h2-5,7,17H,6H2,1H3. The van der Waals surface area contributed by atoms with E-state index in [1.807, 2.05) is 6.92 Å². The van der Waals surface area contributed by atoms with Crippen LogP contribution in [0, 0.1) is 18.6 Å². The van der Waals surface area contributed by atoms with Crippen molar-refractivity contribution in [3.63, 3.8) is 0 Å². The maximum absolute atomic E-state index is 13.4. The van der Waals surface area contributed by atoms with Gasteiger partial charge in [-0.3, -0.25) is 0 Å². The van der Waals surface area contributed by atoms with Crippen LogP contribution in [0.3, 0.4) is 0 Å². The molecule has 0 atom stereocenters. The number of nitrogens with zero attached hydrogens (tertiary/aromatic N) is 1. The van der Waals surface area contributed by atoms with Gasteiger partial charge in [-0.25, -0.2) is 13.8 Å². The van der Waals surface area contributed by atoms with Crippen molar-refractivity contribution in [3.8, 4) is 0 Å². The zero-order chi connectivity index (χ0) is 13.1. The summed E-state index contributed by atoms with van der Waals surface area (Å²) >= 11 is 5.80. The molecule has 0 aliphatic rings. The van der Waals surface area contributed by atoms with Crippen LogP contribution in [0.4, 0.5) is 14.5 Å². The number of nitrogens with one attached hydrogen (secondary N) is 1. The highest BCUT2D eigenvalue weighted by Gasteiger charge is 2.07. The lowest BCUT2D eigenvalue weighted by atomic mass is 10.2. The maximum Gasteiger partial charge on any atom is 0.163 e. The van der Waals surface area contributed by atoms with Crippen LogP contribution in [0.1, 0.15) is 11.1 Å². The van der Waals surface area contributed by atoms with Crippen molar-refractivity contribution < 1.29 is 8.78 Å². The molecule has 0 aliphatic heterocycles. The minimum atomic E-state index is -0.847. The summed E-state index contributed by atoms with van der Waals surface area (Å²) in [5.74, 6) is -1.68. The molecular weight excluding hydrogens is 258 g/mol. The first-order chi connectivity index (χ1) is 8.58. The van der Waals surface area contributed by atoms with Gasteiger partial charge in [-0.2, -0.15) is 0 Å². The average molecular weight is 269 g/mol. The van der Waals surface area contributed by atoms with E-state index >= 15 is 0 Å². The van der Waals surface area contributed by atoms with Crippen molar-refractivity contribution in [1.82, 2.24) is 4.98 Å². The van der Waals surface area contributed by atoms with E-state index in [0.29, 0.717) is 10.8 Å². The summed E-state index contributed by atoms with van der Waals surface area (Å²) in [6.07, 6.45) is 1.55. The number of hydrogen-bond donors (Lipinski definition) is 1. The van der Waals surface area contributed by atoms with Gasteiger partial charge in [0, 0.05) is 12.1 Å². The Bertz CT molecular complexity index is 573. The van der Waals surface area contributed by atoms with Gasteiger partial charge in [0.25, 0.3) is 0 Å². The normalized spacial score (nSPS) is 10.4. The van der Waals surface area contributed by atoms with E-state index in [-0.39, 0.29) is 12.1 Å². The summed E-state index contributed by atoms with van der Waals surface area (Å²) < 4.78 is 26.4. The van der Waals surface area contributed by atoms with Crippen molar-refractivity contribution in [2.45, 2.75) is 13.5 Å². The number of benzene rings is 1. The number of halogens is 3. The van der Waals surface area contributed by atoms with Crippen molar-refractivity contribution in [2.24, 2.45) is 0 Å². The molecule has 18 heavy (non-hydrogen) atoms. The molecule has 0 amide bonds. The van der Waals surface area contributed by atoms with Crippen LogP contribution < -0.4 is 5.32 Å². The molecule has 1 aromatic carbocycles. The first kappa shape index (κ1) is 12.8. The fourth-order valence-electron chi connectivity index (χ4n) is 1.54. The summed E-state index contributed by atoms with van der Waals surface area (Å²) in [5.41, 5.74) is 1.80. The molecule has 2 nitrogen and oxygen atoms in total. The smallest absolute Gasteiger partial charge is 0.163 e. The van der Waals surface area contributed by atoms with E-state index in [4.69, 9.17) is 11.6 Å². The van der Waals surface area contributed by atoms with Gasteiger partial charge in [-0.1, -0.05) is 23.7 Å². The highest BCUT2D eigenvalue weighted by atomic mass is 35.5. The maximum atomic E-state index is 13.4. The number of hydrogen-bond acceptors (Lipinski definition) is 2. The van der Waals surface area contributed by atoms with E-state index in [9.17, 15) is 8.78 Å². The van der Waals surface area contributed by atoms with E-state index in [0.717, 1.165) is 11.6 Å². The summed E-state index contributed by atoms with van der Waals surface area (Å²) in [6.45, 7) is 2.01. The number of pyridine rings is 1. The van der Waals surface area contributed by atoms with Crippen molar-refractivity contribution in [2.75, 3.05) is 5.32 Å². The number of anilines is 1. The second kappa shape index (κ2) is 5.31. The van der Waals surface area contributed by atoms with Gasteiger partial charge in [0.05, 0.1) is 11.9 Å². The second-order valence-corrected chi connectivity index (χ2v) is 4.26. The van der Waals surface area contributed by atoms with Gasteiger partial charge in [0.2, 0.25) is 0 Å². The number of aromatic nitrogens is 1. The third kappa shape index (κ3) is 2.76. The molecule has 0 bridgehead atoms. The minimum absolute atomic E-state index is 0.187. The lowest BCUT2D eigenvalue weighted by Crippen LogP contribution is -2.03. The zero-order valence-corrected chi connectivity index (χ0v) is 10.4. The van der Waals surface area contributed by atoms with Gasteiger partial charge >= 0.3 is 0 Å². The van der Waals surface area contributed by atoms with Crippen LogP contribution in [0.25, 0.3) is 0 Å². The topological polar surface area (TPSA) is 24.9 Å². The largest absolute Gasteiger partial charge is 0.380 e. The van der Waals surface area contributed by atoms with Gasteiger partial charge in [0.1, 0.15) is 5.15 Å². The monoisotopic (exact) mass is 268 g/mol. The van der Waals surface area contributed by atoms with Crippen molar-refractivity contribution in [3.05, 3.63) is 58.4 Å². The van der Waals surface area contributed by atoms with Crippen LogP contribution in [0.5, 0.6) is 0 Å². The average Bonchev–Trinajstić information content (AvgIpc) is 2.35. The lowest BCUT2D eigenvalue weighted by Gasteiger charge is -2.08. The molecule has 0 aliphatic carbocycles. The predicted molar refractivity (Wildman–Crippen MR) is 67.7 cm³/mol. The Labute approximate surface area is 109 Å². The third-order valence-electron chi connectivity index (χ3n) is 2.53. The molecule has 0 saturated carbocycles.